The lowest BCUT2D eigenvalue weighted by Crippen LogP contribution is -2.30. The number of anilines is 2. The van der Waals surface area contributed by atoms with E-state index in [1.807, 2.05) is 0 Å². The van der Waals surface area contributed by atoms with Crippen LogP contribution in [0, 0.1) is 0 Å². The second kappa shape index (κ2) is 5.02. The lowest BCUT2D eigenvalue weighted by atomic mass is 10.1. The summed E-state index contributed by atoms with van der Waals surface area (Å²) in [6.07, 6.45) is -5.54. The fourth-order valence-corrected chi connectivity index (χ4v) is 2.82. The van der Waals surface area contributed by atoms with Gasteiger partial charge in [0.1, 0.15) is 22.6 Å². The first-order chi connectivity index (χ1) is 9.93. The van der Waals surface area contributed by atoms with Crippen LogP contribution in [0.2, 0.25) is 0 Å². The Labute approximate surface area is 125 Å². The lowest BCUT2D eigenvalue weighted by molar-refractivity contribution is -0.0506. The molecule has 3 heterocycles. The Morgan fingerprint density at radius 3 is 2.71 bits per heavy atom. The first-order valence-electron chi connectivity index (χ1n) is 5.99. The van der Waals surface area contributed by atoms with E-state index < -0.39 is 31.2 Å². The Kier molecular flexibility index (Phi) is 3.43. The normalized spacial score (nSPS) is 29.3. The van der Waals surface area contributed by atoms with Crippen molar-refractivity contribution in [2.45, 2.75) is 24.6 Å². The van der Waals surface area contributed by atoms with Crippen LogP contribution in [0.5, 0.6) is 0 Å². The van der Waals surface area contributed by atoms with E-state index in [9.17, 15) is 9.50 Å². The summed E-state index contributed by atoms with van der Waals surface area (Å²) >= 11 is 3.18. The number of ether oxygens (including phenoxy) is 1. The Bertz CT molecular complexity index is 697. The quantitative estimate of drug-likeness (QED) is 0.550. The minimum absolute atomic E-state index is 0.0864. The molecule has 0 radical (unpaired) electrons. The Morgan fingerprint density at radius 2 is 2.10 bits per heavy atom. The van der Waals surface area contributed by atoms with Crippen molar-refractivity contribution in [1.82, 2.24) is 19.7 Å². The van der Waals surface area contributed by atoms with Gasteiger partial charge in [-0.1, -0.05) is 0 Å². The summed E-state index contributed by atoms with van der Waals surface area (Å²) in [6, 6.07) is 0. The van der Waals surface area contributed by atoms with E-state index in [4.69, 9.17) is 21.3 Å². The number of rotatable bonds is 2. The second-order valence-electron chi connectivity index (χ2n) is 4.58. The molecule has 3 rings (SSSR count). The van der Waals surface area contributed by atoms with Gasteiger partial charge in [-0.3, -0.25) is 0 Å². The van der Waals surface area contributed by atoms with Crippen LogP contribution in [0.15, 0.2) is 4.60 Å². The number of nitrogens with zero attached hydrogens (tertiary/aromatic N) is 4. The molecular formula is C10H12BrFN6O3. The molecule has 1 aliphatic rings. The zero-order valence-electron chi connectivity index (χ0n) is 10.5. The molecule has 6 N–H and O–H groups in total. The molecule has 114 valence electrons. The van der Waals surface area contributed by atoms with E-state index in [1.165, 1.54) is 0 Å². The van der Waals surface area contributed by atoms with Gasteiger partial charge in [0.2, 0.25) is 5.95 Å². The molecule has 4 atom stereocenters. The predicted octanol–water partition coefficient (Wildman–Crippen LogP) is -0.658. The summed E-state index contributed by atoms with van der Waals surface area (Å²) in [4.78, 5) is 7.78. The zero-order chi connectivity index (χ0) is 15.3. The van der Waals surface area contributed by atoms with Crippen LogP contribution in [0.25, 0.3) is 11.0 Å². The average Bonchev–Trinajstić information content (AvgIpc) is 2.89. The van der Waals surface area contributed by atoms with Crippen LogP contribution in [0.4, 0.5) is 16.2 Å². The van der Waals surface area contributed by atoms with Gasteiger partial charge < -0.3 is 26.4 Å². The van der Waals surface area contributed by atoms with Crippen LogP contribution >= 0.6 is 15.9 Å². The number of hydrogen-bond donors (Lipinski definition) is 4. The number of aliphatic hydroxyl groups is 2. The van der Waals surface area contributed by atoms with Crippen molar-refractivity contribution in [3.63, 3.8) is 0 Å². The monoisotopic (exact) mass is 362 g/mol. The number of nitrogen functional groups attached to an aromatic ring is 2. The van der Waals surface area contributed by atoms with E-state index in [1.54, 1.807) is 0 Å². The number of alkyl halides is 1. The molecule has 0 aromatic carbocycles. The maximum Gasteiger partial charge on any atom is 0.224 e. The van der Waals surface area contributed by atoms with E-state index in [-0.39, 0.29) is 17.4 Å². The Balaban J connectivity index is 2.13. The van der Waals surface area contributed by atoms with Crippen LogP contribution in [-0.4, -0.2) is 54.9 Å². The number of nitrogens with two attached hydrogens (primary N) is 2. The highest BCUT2D eigenvalue weighted by molar-refractivity contribution is 9.10. The van der Waals surface area contributed by atoms with Gasteiger partial charge in [0.25, 0.3) is 0 Å². The number of aromatic nitrogens is 4. The van der Waals surface area contributed by atoms with E-state index in [2.05, 4.69) is 31.0 Å². The summed E-state index contributed by atoms with van der Waals surface area (Å²) in [7, 11) is 0. The standard InChI is InChI=1S/C10H12BrFN6O3/c11-6-3-7(13)15-10(14)16-8(3)18(17-6)9-4(12)5(20)2(1-19)21-9/h2,4-5,9,19-20H,1H2,(H4,13,14,15,16)/t2-,4+,5-,9-/m1/s1. The minimum Gasteiger partial charge on any atom is -0.394 e. The molecule has 21 heavy (non-hydrogen) atoms. The molecular weight excluding hydrogens is 351 g/mol. The van der Waals surface area contributed by atoms with Gasteiger partial charge in [-0.25, -0.2) is 9.07 Å². The summed E-state index contributed by atoms with van der Waals surface area (Å²) in [6.45, 7) is -0.516. The Hall–Kier alpha value is -1.56. The van der Waals surface area contributed by atoms with E-state index >= 15 is 0 Å². The fourth-order valence-electron chi connectivity index (χ4n) is 2.27. The van der Waals surface area contributed by atoms with Crippen LogP contribution in [-0.2, 0) is 4.74 Å². The molecule has 1 fully saturated rings. The van der Waals surface area contributed by atoms with Crippen molar-refractivity contribution in [3.05, 3.63) is 4.60 Å². The molecule has 2 aromatic rings. The average molecular weight is 363 g/mol. The predicted molar refractivity (Wildman–Crippen MR) is 73.7 cm³/mol. The van der Waals surface area contributed by atoms with Crippen molar-refractivity contribution < 1.29 is 19.3 Å². The molecule has 0 amide bonds. The van der Waals surface area contributed by atoms with Crippen molar-refractivity contribution in [2.75, 3.05) is 18.1 Å². The fraction of sp³-hybridized carbons (Fsp3) is 0.500. The summed E-state index contributed by atoms with van der Waals surface area (Å²) in [5.41, 5.74) is 11.5. The van der Waals surface area contributed by atoms with Gasteiger partial charge in [0.05, 0.1) is 12.0 Å². The maximum absolute atomic E-state index is 14.2. The summed E-state index contributed by atoms with van der Waals surface area (Å²) in [5.74, 6) is -0.00963. The smallest absolute Gasteiger partial charge is 0.224 e. The molecule has 0 spiro atoms. The number of halogens is 2. The summed E-state index contributed by atoms with van der Waals surface area (Å²) < 4.78 is 20.9. The molecule has 0 bridgehead atoms. The highest BCUT2D eigenvalue weighted by Crippen LogP contribution is 2.36. The van der Waals surface area contributed by atoms with Crippen molar-refractivity contribution in [1.29, 1.82) is 0 Å². The van der Waals surface area contributed by atoms with Gasteiger partial charge in [-0.2, -0.15) is 15.1 Å². The second-order valence-corrected chi connectivity index (χ2v) is 5.33. The maximum atomic E-state index is 14.2. The van der Waals surface area contributed by atoms with Crippen molar-refractivity contribution in [3.8, 4) is 0 Å². The molecule has 1 saturated heterocycles. The first-order valence-corrected chi connectivity index (χ1v) is 6.78. The molecule has 0 saturated carbocycles. The van der Waals surface area contributed by atoms with Gasteiger partial charge >= 0.3 is 0 Å². The van der Waals surface area contributed by atoms with Gasteiger partial charge in [-0.15, -0.1) is 0 Å². The number of fused-ring (bicyclic) bond motifs is 1. The van der Waals surface area contributed by atoms with E-state index in [0.29, 0.717) is 9.99 Å². The largest absolute Gasteiger partial charge is 0.394 e. The molecule has 0 aliphatic carbocycles. The van der Waals surface area contributed by atoms with Crippen LogP contribution in [0.3, 0.4) is 0 Å². The molecule has 2 aromatic heterocycles. The highest BCUT2D eigenvalue weighted by atomic mass is 79.9. The molecule has 9 nitrogen and oxygen atoms in total. The number of aliphatic hydroxyl groups excluding tert-OH is 2. The van der Waals surface area contributed by atoms with Crippen LogP contribution < -0.4 is 11.5 Å². The third-order valence-electron chi connectivity index (χ3n) is 3.27. The first kappa shape index (κ1) is 14.4. The highest BCUT2D eigenvalue weighted by Gasteiger charge is 2.46. The SMILES string of the molecule is Nc1nc(N)c2c(Br)nn([C@@H]3O[C@H](CO)[C@@H](O)[C@@H]3F)c2n1. The Morgan fingerprint density at radius 1 is 1.38 bits per heavy atom. The van der Waals surface area contributed by atoms with Gasteiger partial charge in [0, 0.05) is 0 Å². The number of hydrogen-bond acceptors (Lipinski definition) is 8. The van der Waals surface area contributed by atoms with Crippen molar-refractivity contribution >= 4 is 38.7 Å². The summed E-state index contributed by atoms with van der Waals surface area (Å²) in [5, 5.41) is 23.2. The van der Waals surface area contributed by atoms with Gasteiger partial charge in [-0.05, 0) is 15.9 Å². The molecule has 1 aliphatic heterocycles. The zero-order valence-corrected chi connectivity index (χ0v) is 12.1. The van der Waals surface area contributed by atoms with Gasteiger partial charge in [0.15, 0.2) is 18.0 Å². The van der Waals surface area contributed by atoms with Crippen molar-refractivity contribution in [2.24, 2.45) is 0 Å². The minimum atomic E-state index is -1.78. The third kappa shape index (κ3) is 2.12. The molecule has 0 unspecified atom stereocenters. The van der Waals surface area contributed by atoms with E-state index in [0.717, 1.165) is 4.68 Å². The third-order valence-corrected chi connectivity index (χ3v) is 3.82. The molecule has 11 heteroatoms. The van der Waals surface area contributed by atoms with Crippen LogP contribution in [0.1, 0.15) is 6.23 Å². The topological polar surface area (TPSA) is 145 Å². The lowest BCUT2D eigenvalue weighted by Gasteiger charge is -2.14.